The van der Waals surface area contributed by atoms with E-state index in [2.05, 4.69) is 10.4 Å². The van der Waals surface area contributed by atoms with Crippen molar-refractivity contribution in [2.24, 2.45) is 0 Å². The van der Waals surface area contributed by atoms with E-state index in [9.17, 15) is 22.8 Å². The molecule has 0 bridgehead atoms. The van der Waals surface area contributed by atoms with Crippen LogP contribution in [0.2, 0.25) is 0 Å². The topological polar surface area (TPSA) is 82.4 Å². The summed E-state index contributed by atoms with van der Waals surface area (Å²) in [5.74, 6) is -2.05. The molecule has 0 aliphatic heterocycles. The molecular formula is C23H22F3N3O4. The van der Waals surface area contributed by atoms with Gasteiger partial charge in [0.15, 0.2) is 0 Å². The number of aryl methyl sites for hydroxylation is 1. The fraction of sp³-hybridized carbons (Fsp3) is 0.261. The van der Waals surface area contributed by atoms with Crippen molar-refractivity contribution in [1.29, 1.82) is 0 Å². The van der Waals surface area contributed by atoms with Gasteiger partial charge in [-0.3, -0.25) is 9.59 Å². The lowest BCUT2D eigenvalue weighted by Crippen LogP contribution is -2.25. The van der Waals surface area contributed by atoms with Crippen molar-refractivity contribution < 1.29 is 32.2 Å². The molecular weight excluding hydrogens is 439 g/mol. The Morgan fingerprint density at radius 3 is 2.39 bits per heavy atom. The Bertz CT molecular complexity index is 1160. The largest absolute Gasteiger partial charge is 0.489 e. The quantitative estimate of drug-likeness (QED) is 0.306. The molecule has 0 radical (unpaired) electrons. The summed E-state index contributed by atoms with van der Waals surface area (Å²) in [6.07, 6.45) is -4.64. The molecule has 1 amide bonds. The molecule has 0 fully saturated rings. The standard InChI is InChI=1S/C23H22F3N3O4/c1-14-20(15(2)29(28-14)17-7-5-4-6-8-17)21(30)22(31)27-18-13-16(23(24,25)26)9-10-19(18)33-12-11-32-3/h4-10,13H,11-12H2,1-3H3,(H,27,31). The first-order valence-corrected chi connectivity index (χ1v) is 9.93. The zero-order chi connectivity index (χ0) is 24.2. The number of nitrogens with one attached hydrogen (secondary N) is 1. The molecule has 1 N–H and O–H groups in total. The number of Topliss-reactive ketones (excluding diaryl/α,β-unsaturated/α-hetero) is 1. The minimum Gasteiger partial charge on any atom is -0.489 e. The van der Waals surface area contributed by atoms with Crippen LogP contribution in [-0.2, 0) is 15.7 Å². The molecule has 2 aromatic carbocycles. The van der Waals surface area contributed by atoms with Gasteiger partial charge in [0, 0.05) is 7.11 Å². The first kappa shape index (κ1) is 24.0. The number of rotatable bonds is 8. The van der Waals surface area contributed by atoms with Crippen LogP contribution in [0.25, 0.3) is 5.69 Å². The Hall–Kier alpha value is -3.66. The molecule has 0 saturated carbocycles. The number of hydrogen-bond donors (Lipinski definition) is 1. The van der Waals surface area contributed by atoms with Gasteiger partial charge in [0.2, 0.25) is 0 Å². The van der Waals surface area contributed by atoms with Gasteiger partial charge in [-0.2, -0.15) is 18.3 Å². The van der Waals surface area contributed by atoms with Gasteiger partial charge in [-0.05, 0) is 44.2 Å². The Morgan fingerprint density at radius 1 is 1.06 bits per heavy atom. The van der Waals surface area contributed by atoms with Crippen LogP contribution in [0.4, 0.5) is 18.9 Å². The van der Waals surface area contributed by atoms with E-state index in [1.54, 1.807) is 38.1 Å². The molecule has 0 aliphatic rings. The average molecular weight is 461 g/mol. The fourth-order valence-electron chi connectivity index (χ4n) is 3.25. The van der Waals surface area contributed by atoms with E-state index < -0.39 is 23.4 Å². The third kappa shape index (κ3) is 5.40. The zero-order valence-corrected chi connectivity index (χ0v) is 18.2. The molecule has 0 unspecified atom stereocenters. The van der Waals surface area contributed by atoms with Gasteiger partial charge in [-0.25, -0.2) is 4.68 Å². The Labute approximate surface area is 188 Å². The van der Waals surface area contributed by atoms with E-state index in [1.165, 1.54) is 11.8 Å². The number of amides is 1. The molecule has 33 heavy (non-hydrogen) atoms. The highest BCUT2D eigenvalue weighted by atomic mass is 19.4. The number of benzene rings is 2. The predicted octanol–water partition coefficient (Wildman–Crippen LogP) is 4.35. The van der Waals surface area contributed by atoms with Crippen molar-refractivity contribution in [3.05, 3.63) is 71.0 Å². The van der Waals surface area contributed by atoms with Crippen molar-refractivity contribution in [3.63, 3.8) is 0 Å². The maximum Gasteiger partial charge on any atom is 0.416 e. The van der Waals surface area contributed by atoms with Gasteiger partial charge >= 0.3 is 6.18 Å². The molecule has 0 spiro atoms. The van der Waals surface area contributed by atoms with Gasteiger partial charge in [0.25, 0.3) is 11.7 Å². The van der Waals surface area contributed by atoms with Crippen LogP contribution in [-0.4, -0.2) is 41.8 Å². The van der Waals surface area contributed by atoms with Crippen molar-refractivity contribution >= 4 is 17.4 Å². The number of para-hydroxylation sites is 1. The number of aromatic nitrogens is 2. The lowest BCUT2D eigenvalue weighted by molar-refractivity contribution is -0.137. The van der Waals surface area contributed by atoms with Gasteiger partial charge in [0.1, 0.15) is 12.4 Å². The Morgan fingerprint density at radius 2 is 1.76 bits per heavy atom. The fourth-order valence-corrected chi connectivity index (χ4v) is 3.25. The molecule has 3 rings (SSSR count). The summed E-state index contributed by atoms with van der Waals surface area (Å²) in [7, 11) is 1.44. The van der Waals surface area contributed by atoms with Crippen molar-refractivity contribution in [1.82, 2.24) is 9.78 Å². The van der Waals surface area contributed by atoms with Crippen LogP contribution in [0.5, 0.6) is 5.75 Å². The van der Waals surface area contributed by atoms with Crippen LogP contribution < -0.4 is 10.1 Å². The number of anilines is 1. The summed E-state index contributed by atoms with van der Waals surface area (Å²) in [4.78, 5) is 25.7. The molecule has 1 aromatic heterocycles. The van der Waals surface area contributed by atoms with Crippen molar-refractivity contribution in [2.75, 3.05) is 25.6 Å². The molecule has 0 aliphatic carbocycles. The number of carbonyl (C=O) groups is 2. The number of methoxy groups -OCH3 is 1. The first-order chi connectivity index (χ1) is 15.6. The highest BCUT2D eigenvalue weighted by Crippen LogP contribution is 2.35. The monoisotopic (exact) mass is 461 g/mol. The smallest absolute Gasteiger partial charge is 0.416 e. The van der Waals surface area contributed by atoms with Crippen LogP contribution in [0.1, 0.15) is 27.3 Å². The molecule has 174 valence electrons. The minimum atomic E-state index is -4.64. The van der Waals surface area contributed by atoms with Gasteiger partial charge in [-0.15, -0.1) is 0 Å². The predicted molar refractivity (Wildman–Crippen MR) is 115 cm³/mol. The normalized spacial score (nSPS) is 11.3. The summed E-state index contributed by atoms with van der Waals surface area (Å²) in [6.45, 7) is 3.44. The van der Waals surface area contributed by atoms with E-state index in [-0.39, 0.29) is 30.2 Å². The Balaban J connectivity index is 1.91. The maximum absolute atomic E-state index is 13.2. The Kier molecular flexibility index (Phi) is 7.17. The lowest BCUT2D eigenvalue weighted by Gasteiger charge is -2.15. The second-order valence-corrected chi connectivity index (χ2v) is 7.13. The second-order valence-electron chi connectivity index (χ2n) is 7.13. The van der Waals surface area contributed by atoms with Crippen LogP contribution >= 0.6 is 0 Å². The number of nitrogens with zero attached hydrogens (tertiary/aromatic N) is 2. The zero-order valence-electron chi connectivity index (χ0n) is 18.2. The summed E-state index contributed by atoms with van der Waals surface area (Å²) in [5, 5.41) is 6.59. The highest BCUT2D eigenvalue weighted by Gasteiger charge is 2.32. The minimum absolute atomic E-state index is 0.0189. The first-order valence-electron chi connectivity index (χ1n) is 9.93. The summed E-state index contributed by atoms with van der Waals surface area (Å²) >= 11 is 0. The van der Waals surface area contributed by atoms with E-state index in [0.29, 0.717) is 17.1 Å². The number of ether oxygens (including phenoxy) is 2. The SMILES string of the molecule is COCCOc1ccc(C(F)(F)F)cc1NC(=O)C(=O)c1c(C)nn(-c2ccccc2)c1C. The van der Waals surface area contributed by atoms with Gasteiger partial charge < -0.3 is 14.8 Å². The van der Waals surface area contributed by atoms with E-state index in [0.717, 1.165) is 18.2 Å². The lowest BCUT2D eigenvalue weighted by atomic mass is 10.1. The number of halogens is 3. The van der Waals surface area contributed by atoms with Gasteiger partial charge in [-0.1, -0.05) is 18.2 Å². The molecule has 3 aromatic rings. The second kappa shape index (κ2) is 9.86. The third-order valence-corrected chi connectivity index (χ3v) is 4.83. The van der Waals surface area contributed by atoms with Gasteiger partial charge in [0.05, 0.1) is 40.5 Å². The van der Waals surface area contributed by atoms with E-state index in [1.807, 2.05) is 6.07 Å². The van der Waals surface area contributed by atoms with Crippen molar-refractivity contribution in [3.8, 4) is 11.4 Å². The summed E-state index contributed by atoms with van der Waals surface area (Å²) < 4.78 is 51.4. The molecule has 0 atom stereocenters. The van der Waals surface area contributed by atoms with Crippen molar-refractivity contribution in [2.45, 2.75) is 20.0 Å². The van der Waals surface area contributed by atoms with Crippen LogP contribution in [0.3, 0.4) is 0 Å². The maximum atomic E-state index is 13.2. The molecule has 1 heterocycles. The number of carbonyl (C=O) groups excluding carboxylic acids is 2. The molecule has 0 saturated heterocycles. The summed E-state index contributed by atoms with van der Waals surface area (Å²) in [5.41, 5.74) is 0.254. The average Bonchev–Trinajstić information content (AvgIpc) is 3.08. The number of alkyl halides is 3. The van der Waals surface area contributed by atoms with Crippen LogP contribution in [0.15, 0.2) is 48.5 Å². The van der Waals surface area contributed by atoms with E-state index >= 15 is 0 Å². The van der Waals surface area contributed by atoms with E-state index in [4.69, 9.17) is 9.47 Å². The molecule has 10 heteroatoms. The number of hydrogen-bond acceptors (Lipinski definition) is 5. The third-order valence-electron chi connectivity index (χ3n) is 4.83. The summed E-state index contributed by atoms with van der Waals surface area (Å²) in [6, 6.07) is 11.7. The molecule has 7 nitrogen and oxygen atoms in total. The van der Waals surface area contributed by atoms with Crippen LogP contribution in [0, 0.1) is 13.8 Å². The number of ketones is 1. The highest BCUT2D eigenvalue weighted by molar-refractivity contribution is 6.47.